The molecular weight excluding hydrogens is 260 g/mol. The fraction of sp³-hybridized carbons (Fsp3) is 1.00. The zero-order valence-corrected chi connectivity index (χ0v) is 16.2. The SMILES string of the molecule is CCCCCCCCCCCCCC1([SiH3])CCCCO1. The quantitative estimate of drug-likeness (QED) is 0.366. The molecule has 0 N–H and O–H groups in total. The van der Waals surface area contributed by atoms with Crippen molar-refractivity contribution < 1.29 is 4.74 Å². The van der Waals surface area contributed by atoms with E-state index in [0.29, 0.717) is 5.22 Å². The summed E-state index contributed by atoms with van der Waals surface area (Å²) in [6, 6.07) is 0. The molecule has 1 unspecified atom stereocenters. The Kier molecular flexibility index (Phi) is 10.7. The lowest BCUT2D eigenvalue weighted by Gasteiger charge is -2.34. The molecular formula is C18H38OSi. The molecule has 0 spiro atoms. The zero-order valence-electron chi connectivity index (χ0n) is 14.2. The van der Waals surface area contributed by atoms with Gasteiger partial charge < -0.3 is 4.74 Å². The Labute approximate surface area is 130 Å². The topological polar surface area (TPSA) is 9.23 Å². The molecule has 0 bridgehead atoms. The van der Waals surface area contributed by atoms with Gasteiger partial charge in [0.15, 0.2) is 0 Å². The molecule has 1 fully saturated rings. The fourth-order valence-corrected chi connectivity index (χ4v) is 4.26. The summed E-state index contributed by atoms with van der Waals surface area (Å²) in [5.74, 6) is 0. The van der Waals surface area contributed by atoms with Crippen molar-refractivity contribution in [2.24, 2.45) is 0 Å². The minimum atomic E-state index is 0.359. The summed E-state index contributed by atoms with van der Waals surface area (Å²) >= 11 is 0. The Morgan fingerprint density at radius 1 is 0.800 bits per heavy atom. The molecule has 0 aromatic heterocycles. The van der Waals surface area contributed by atoms with Crippen LogP contribution in [0.25, 0.3) is 0 Å². The number of ether oxygens (including phenoxy) is 1. The first kappa shape index (κ1) is 18.2. The lowest BCUT2D eigenvalue weighted by Crippen LogP contribution is -2.36. The number of hydrogen-bond acceptors (Lipinski definition) is 1. The zero-order chi connectivity index (χ0) is 14.5. The molecule has 1 heterocycles. The number of hydrogen-bond donors (Lipinski definition) is 0. The van der Waals surface area contributed by atoms with Crippen LogP contribution in [0.5, 0.6) is 0 Å². The highest BCUT2D eigenvalue weighted by Gasteiger charge is 2.26. The Morgan fingerprint density at radius 2 is 1.35 bits per heavy atom. The maximum absolute atomic E-state index is 6.02. The summed E-state index contributed by atoms with van der Waals surface area (Å²) in [4.78, 5) is 0. The Morgan fingerprint density at radius 3 is 1.85 bits per heavy atom. The van der Waals surface area contributed by atoms with Crippen LogP contribution < -0.4 is 0 Å². The summed E-state index contributed by atoms with van der Waals surface area (Å²) in [5, 5.41) is 0.359. The third-order valence-corrected chi connectivity index (χ3v) is 6.15. The highest BCUT2D eigenvalue weighted by atomic mass is 28.1. The van der Waals surface area contributed by atoms with Gasteiger partial charge in [0, 0.05) is 22.1 Å². The van der Waals surface area contributed by atoms with Gasteiger partial charge in [-0.2, -0.15) is 0 Å². The largest absolute Gasteiger partial charge is 0.380 e. The van der Waals surface area contributed by atoms with Crippen LogP contribution in [-0.4, -0.2) is 22.1 Å². The van der Waals surface area contributed by atoms with Crippen LogP contribution in [0.2, 0.25) is 0 Å². The van der Waals surface area contributed by atoms with Crippen LogP contribution in [0.15, 0.2) is 0 Å². The van der Waals surface area contributed by atoms with E-state index in [-0.39, 0.29) is 0 Å². The number of rotatable bonds is 12. The van der Waals surface area contributed by atoms with Gasteiger partial charge in [-0.25, -0.2) is 0 Å². The van der Waals surface area contributed by atoms with Gasteiger partial charge in [0.2, 0.25) is 0 Å². The molecule has 1 aliphatic heterocycles. The minimum absolute atomic E-state index is 0.359. The fourth-order valence-electron chi connectivity index (χ4n) is 3.35. The van der Waals surface area contributed by atoms with E-state index in [1.807, 2.05) is 0 Å². The van der Waals surface area contributed by atoms with Gasteiger partial charge >= 0.3 is 0 Å². The second-order valence-corrected chi connectivity index (χ2v) is 8.86. The second-order valence-electron chi connectivity index (χ2n) is 7.04. The molecule has 0 amide bonds. The van der Waals surface area contributed by atoms with E-state index in [2.05, 4.69) is 6.92 Å². The molecule has 0 saturated carbocycles. The highest BCUT2D eigenvalue weighted by Crippen LogP contribution is 2.27. The molecule has 20 heavy (non-hydrogen) atoms. The van der Waals surface area contributed by atoms with Crippen LogP contribution in [0.1, 0.15) is 103 Å². The summed E-state index contributed by atoms with van der Waals surface area (Å²) in [5.41, 5.74) is 0. The normalized spacial score (nSPS) is 23.2. The first-order valence-corrected chi connectivity index (χ1v) is 10.4. The second kappa shape index (κ2) is 11.8. The summed E-state index contributed by atoms with van der Waals surface area (Å²) < 4.78 is 6.02. The van der Waals surface area contributed by atoms with Crippen molar-refractivity contribution in [2.75, 3.05) is 6.61 Å². The van der Waals surface area contributed by atoms with Gasteiger partial charge in [-0.3, -0.25) is 0 Å². The first-order chi connectivity index (χ1) is 9.77. The van der Waals surface area contributed by atoms with Crippen LogP contribution in [0, 0.1) is 0 Å². The van der Waals surface area contributed by atoms with Crippen molar-refractivity contribution in [1.29, 1.82) is 0 Å². The third kappa shape index (κ3) is 9.18. The van der Waals surface area contributed by atoms with Gasteiger partial charge in [-0.15, -0.1) is 0 Å². The third-order valence-electron chi connectivity index (χ3n) is 4.86. The van der Waals surface area contributed by atoms with E-state index in [1.165, 1.54) is 107 Å². The molecule has 0 aromatic carbocycles. The summed E-state index contributed by atoms with van der Waals surface area (Å²) in [6.07, 6.45) is 21.3. The van der Waals surface area contributed by atoms with E-state index in [9.17, 15) is 0 Å². The van der Waals surface area contributed by atoms with Crippen molar-refractivity contribution in [1.82, 2.24) is 0 Å². The van der Waals surface area contributed by atoms with Crippen LogP contribution in [-0.2, 0) is 4.74 Å². The maximum Gasteiger partial charge on any atom is 0.0486 e. The number of unbranched alkanes of at least 4 members (excludes halogenated alkanes) is 10. The van der Waals surface area contributed by atoms with Gasteiger partial charge in [0.1, 0.15) is 0 Å². The van der Waals surface area contributed by atoms with Gasteiger partial charge in [0.25, 0.3) is 0 Å². The van der Waals surface area contributed by atoms with Gasteiger partial charge in [-0.1, -0.05) is 77.6 Å². The average molecular weight is 299 g/mol. The monoisotopic (exact) mass is 298 g/mol. The van der Waals surface area contributed by atoms with E-state index < -0.39 is 0 Å². The van der Waals surface area contributed by atoms with Crippen molar-refractivity contribution >= 4 is 10.2 Å². The Balaban J connectivity index is 1.80. The van der Waals surface area contributed by atoms with E-state index in [1.54, 1.807) is 0 Å². The van der Waals surface area contributed by atoms with Crippen molar-refractivity contribution in [3.8, 4) is 0 Å². The highest BCUT2D eigenvalue weighted by molar-refractivity contribution is 6.14. The molecule has 1 nitrogen and oxygen atoms in total. The predicted molar refractivity (Wildman–Crippen MR) is 93.6 cm³/mol. The summed E-state index contributed by atoms with van der Waals surface area (Å²) in [7, 11) is 1.23. The molecule has 0 aromatic rings. The lowest BCUT2D eigenvalue weighted by molar-refractivity contribution is -0.0240. The minimum Gasteiger partial charge on any atom is -0.380 e. The van der Waals surface area contributed by atoms with Crippen LogP contribution >= 0.6 is 0 Å². The molecule has 1 atom stereocenters. The maximum atomic E-state index is 6.02. The molecule has 0 radical (unpaired) electrons. The molecule has 1 aliphatic rings. The molecule has 1 rings (SSSR count). The van der Waals surface area contributed by atoms with Crippen molar-refractivity contribution in [3.63, 3.8) is 0 Å². The first-order valence-electron chi connectivity index (χ1n) is 9.41. The van der Waals surface area contributed by atoms with E-state index >= 15 is 0 Å². The lowest BCUT2D eigenvalue weighted by atomic mass is 10.0. The summed E-state index contributed by atoms with van der Waals surface area (Å²) in [6.45, 7) is 3.32. The van der Waals surface area contributed by atoms with Crippen LogP contribution in [0.4, 0.5) is 0 Å². The smallest absolute Gasteiger partial charge is 0.0486 e. The van der Waals surface area contributed by atoms with E-state index in [0.717, 1.165) is 6.61 Å². The average Bonchev–Trinajstić information content (AvgIpc) is 2.45. The molecule has 2 heteroatoms. The molecule has 120 valence electrons. The Hall–Kier alpha value is 0.177. The molecule has 0 aliphatic carbocycles. The van der Waals surface area contributed by atoms with Gasteiger partial charge in [0.05, 0.1) is 0 Å². The predicted octanol–water partition coefficient (Wildman–Crippen LogP) is 4.95. The molecule has 1 saturated heterocycles. The van der Waals surface area contributed by atoms with Gasteiger partial charge in [-0.05, 0) is 25.7 Å². The standard InChI is InChI=1S/C18H38OSi/c1-2-3-4-5-6-7-8-9-10-11-12-15-18(20)16-13-14-17-19-18/h2-17H2,1,20H3. The Bertz CT molecular complexity index is 211. The van der Waals surface area contributed by atoms with Crippen LogP contribution in [0.3, 0.4) is 0 Å². The van der Waals surface area contributed by atoms with Crippen molar-refractivity contribution in [3.05, 3.63) is 0 Å². The van der Waals surface area contributed by atoms with E-state index in [4.69, 9.17) is 4.74 Å². The van der Waals surface area contributed by atoms with Crippen molar-refractivity contribution in [2.45, 2.75) is 108 Å².